The SMILES string of the molecule is COC(=O)C(CN)C1CCCN(Cc2ccccc2)C1. The molecule has 1 aromatic rings. The second kappa shape index (κ2) is 7.41. The first-order valence-electron chi connectivity index (χ1n) is 7.28. The number of nitrogens with zero attached hydrogens (tertiary/aromatic N) is 1. The molecule has 2 atom stereocenters. The Kier molecular flexibility index (Phi) is 5.56. The van der Waals surface area contributed by atoms with Crippen molar-refractivity contribution in [1.29, 1.82) is 0 Å². The highest BCUT2D eigenvalue weighted by Gasteiger charge is 2.31. The van der Waals surface area contributed by atoms with Crippen LogP contribution in [0.2, 0.25) is 0 Å². The molecule has 0 bridgehead atoms. The van der Waals surface area contributed by atoms with Crippen LogP contribution < -0.4 is 5.73 Å². The molecule has 2 N–H and O–H groups in total. The van der Waals surface area contributed by atoms with E-state index in [-0.39, 0.29) is 11.9 Å². The van der Waals surface area contributed by atoms with E-state index in [2.05, 4.69) is 29.2 Å². The van der Waals surface area contributed by atoms with Gasteiger partial charge in [-0.05, 0) is 30.9 Å². The van der Waals surface area contributed by atoms with Crippen LogP contribution >= 0.6 is 0 Å². The summed E-state index contributed by atoms with van der Waals surface area (Å²) >= 11 is 0. The first-order valence-corrected chi connectivity index (χ1v) is 7.28. The zero-order valence-electron chi connectivity index (χ0n) is 12.1. The fourth-order valence-electron chi connectivity index (χ4n) is 3.04. The van der Waals surface area contributed by atoms with Gasteiger partial charge in [-0.2, -0.15) is 0 Å². The van der Waals surface area contributed by atoms with Gasteiger partial charge in [-0.15, -0.1) is 0 Å². The van der Waals surface area contributed by atoms with Gasteiger partial charge in [0.25, 0.3) is 0 Å². The van der Waals surface area contributed by atoms with Crippen molar-refractivity contribution in [2.24, 2.45) is 17.6 Å². The van der Waals surface area contributed by atoms with E-state index in [1.165, 1.54) is 12.7 Å². The van der Waals surface area contributed by atoms with Crippen molar-refractivity contribution in [3.8, 4) is 0 Å². The normalized spacial score (nSPS) is 21.4. The van der Waals surface area contributed by atoms with Gasteiger partial charge in [-0.1, -0.05) is 30.3 Å². The van der Waals surface area contributed by atoms with Crippen LogP contribution in [0.5, 0.6) is 0 Å². The number of esters is 1. The Hall–Kier alpha value is -1.39. The van der Waals surface area contributed by atoms with Crippen LogP contribution in [-0.2, 0) is 16.1 Å². The van der Waals surface area contributed by atoms with Gasteiger partial charge in [0.05, 0.1) is 13.0 Å². The number of carbonyl (C=O) groups excluding carboxylic acids is 1. The van der Waals surface area contributed by atoms with E-state index in [9.17, 15) is 4.79 Å². The Labute approximate surface area is 120 Å². The lowest BCUT2D eigenvalue weighted by Crippen LogP contribution is -2.42. The second-order valence-electron chi connectivity index (χ2n) is 5.49. The van der Waals surface area contributed by atoms with E-state index in [0.717, 1.165) is 32.5 Å². The van der Waals surface area contributed by atoms with Crippen LogP contribution in [0.1, 0.15) is 18.4 Å². The first kappa shape index (κ1) is 15.0. The van der Waals surface area contributed by atoms with Gasteiger partial charge in [0.2, 0.25) is 0 Å². The molecule has 1 aliphatic rings. The predicted molar refractivity (Wildman–Crippen MR) is 79.0 cm³/mol. The molecule has 1 fully saturated rings. The van der Waals surface area contributed by atoms with Crippen LogP contribution in [0.15, 0.2) is 30.3 Å². The quantitative estimate of drug-likeness (QED) is 0.831. The second-order valence-corrected chi connectivity index (χ2v) is 5.49. The lowest BCUT2D eigenvalue weighted by molar-refractivity contribution is -0.147. The van der Waals surface area contributed by atoms with Gasteiger partial charge in [-0.25, -0.2) is 0 Å². The topological polar surface area (TPSA) is 55.6 Å². The highest BCUT2D eigenvalue weighted by molar-refractivity contribution is 5.72. The summed E-state index contributed by atoms with van der Waals surface area (Å²) in [5.41, 5.74) is 7.07. The number of nitrogens with two attached hydrogens (primary N) is 1. The van der Waals surface area contributed by atoms with E-state index in [1.807, 2.05) is 6.07 Å². The molecular formula is C16H24N2O2. The van der Waals surface area contributed by atoms with Gasteiger partial charge >= 0.3 is 5.97 Å². The number of hydrogen-bond acceptors (Lipinski definition) is 4. The Morgan fingerprint density at radius 3 is 2.85 bits per heavy atom. The molecule has 0 amide bonds. The largest absolute Gasteiger partial charge is 0.469 e. The van der Waals surface area contributed by atoms with E-state index >= 15 is 0 Å². The van der Waals surface area contributed by atoms with E-state index < -0.39 is 0 Å². The fraction of sp³-hybridized carbons (Fsp3) is 0.562. The van der Waals surface area contributed by atoms with Crippen LogP contribution in [0.25, 0.3) is 0 Å². The van der Waals surface area contributed by atoms with E-state index in [1.54, 1.807) is 0 Å². The number of carbonyl (C=O) groups is 1. The lowest BCUT2D eigenvalue weighted by atomic mass is 9.85. The maximum atomic E-state index is 11.8. The van der Waals surface area contributed by atoms with Crippen LogP contribution in [0.4, 0.5) is 0 Å². The molecule has 1 saturated heterocycles. The van der Waals surface area contributed by atoms with Crippen LogP contribution in [-0.4, -0.2) is 37.6 Å². The number of rotatable bonds is 5. The predicted octanol–water partition coefficient (Wildman–Crippen LogP) is 1.65. The Bertz CT molecular complexity index is 422. The highest BCUT2D eigenvalue weighted by atomic mass is 16.5. The summed E-state index contributed by atoms with van der Waals surface area (Å²) < 4.78 is 4.87. The molecule has 110 valence electrons. The van der Waals surface area contributed by atoms with Gasteiger partial charge in [0.15, 0.2) is 0 Å². The molecule has 1 aromatic carbocycles. The third-order valence-electron chi connectivity index (χ3n) is 4.12. The smallest absolute Gasteiger partial charge is 0.310 e. The number of piperidine rings is 1. The average Bonchev–Trinajstić information content (AvgIpc) is 2.49. The van der Waals surface area contributed by atoms with Crippen molar-refractivity contribution in [1.82, 2.24) is 4.90 Å². The molecule has 0 aliphatic carbocycles. The third-order valence-corrected chi connectivity index (χ3v) is 4.12. The minimum atomic E-state index is -0.168. The third kappa shape index (κ3) is 3.81. The van der Waals surface area contributed by atoms with Crippen molar-refractivity contribution in [3.63, 3.8) is 0 Å². The van der Waals surface area contributed by atoms with Crippen molar-refractivity contribution >= 4 is 5.97 Å². The molecule has 0 aromatic heterocycles. The molecule has 4 heteroatoms. The van der Waals surface area contributed by atoms with E-state index in [0.29, 0.717) is 12.5 Å². The summed E-state index contributed by atoms with van der Waals surface area (Å²) in [6, 6.07) is 10.4. The first-order chi connectivity index (χ1) is 9.74. The minimum absolute atomic E-state index is 0.168. The molecule has 2 rings (SSSR count). The van der Waals surface area contributed by atoms with Crippen molar-refractivity contribution < 1.29 is 9.53 Å². The molecule has 1 aliphatic heterocycles. The Morgan fingerprint density at radius 1 is 1.45 bits per heavy atom. The standard InChI is InChI=1S/C16H24N2O2/c1-20-16(19)15(10-17)14-8-5-9-18(12-14)11-13-6-3-2-4-7-13/h2-4,6-7,14-15H,5,8-12,17H2,1H3. The fourth-order valence-corrected chi connectivity index (χ4v) is 3.04. The summed E-state index contributed by atoms with van der Waals surface area (Å²) in [6.07, 6.45) is 2.17. The maximum absolute atomic E-state index is 11.8. The van der Waals surface area contributed by atoms with Gasteiger partial charge in [0, 0.05) is 19.6 Å². The van der Waals surface area contributed by atoms with Crippen LogP contribution in [0, 0.1) is 11.8 Å². The maximum Gasteiger partial charge on any atom is 0.310 e. The molecule has 2 unspecified atom stereocenters. The summed E-state index contributed by atoms with van der Waals surface area (Å²) in [5.74, 6) is -0.0254. The Morgan fingerprint density at radius 2 is 2.20 bits per heavy atom. The monoisotopic (exact) mass is 276 g/mol. The molecule has 4 nitrogen and oxygen atoms in total. The summed E-state index contributed by atoms with van der Waals surface area (Å²) in [5, 5.41) is 0. The average molecular weight is 276 g/mol. The number of hydrogen-bond donors (Lipinski definition) is 1. The highest BCUT2D eigenvalue weighted by Crippen LogP contribution is 2.25. The Balaban J connectivity index is 1.96. The van der Waals surface area contributed by atoms with Gasteiger partial charge in [-0.3, -0.25) is 9.69 Å². The van der Waals surface area contributed by atoms with E-state index in [4.69, 9.17) is 10.5 Å². The van der Waals surface area contributed by atoms with Crippen molar-refractivity contribution in [3.05, 3.63) is 35.9 Å². The van der Waals surface area contributed by atoms with Crippen LogP contribution in [0.3, 0.4) is 0 Å². The summed E-state index contributed by atoms with van der Waals surface area (Å²) in [7, 11) is 1.44. The molecule has 20 heavy (non-hydrogen) atoms. The molecule has 0 saturated carbocycles. The van der Waals surface area contributed by atoms with Crippen molar-refractivity contribution in [2.75, 3.05) is 26.7 Å². The zero-order valence-corrected chi connectivity index (χ0v) is 12.1. The summed E-state index contributed by atoms with van der Waals surface area (Å²) in [6.45, 7) is 3.32. The summed E-state index contributed by atoms with van der Waals surface area (Å²) in [4.78, 5) is 14.2. The van der Waals surface area contributed by atoms with Gasteiger partial charge in [0.1, 0.15) is 0 Å². The molecular weight excluding hydrogens is 252 g/mol. The molecule has 0 radical (unpaired) electrons. The molecule has 0 spiro atoms. The zero-order chi connectivity index (χ0) is 14.4. The minimum Gasteiger partial charge on any atom is -0.469 e. The lowest BCUT2D eigenvalue weighted by Gasteiger charge is -2.35. The number of benzene rings is 1. The number of methoxy groups -OCH3 is 1. The molecule has 1 heterocycles. The van der Waals surface area contributed by atoms with Crippen molar-refractivity contribution in [2.45, 2.75) is 19.4 Å². The number of likely N-dealkylation sites (tertiary alicyclic amines) is 1. The number of ether oxygens (including phenoxy) is 1. The van der Waals surface area contributed by atoms with Gasteiger partial charge < -0.3 is 10.5 Å².